The van der Waals surface area contributed by atoms with E-state index in [9.17, 15) is 10.1 Å². The van der Waals surface area contributed by atoms with Crippen LogP contribution in [-0.4, -0.2) is 114 Å². The van der Waals surface area contributed by atoms with Gasteiger partial charge in [0.05, 0.1) is 11.1 Å². The number of carbonyl (C=O) groups is 1. The van der Waals surface area contributed by atoms with Crippen molar-refractivity contribution in [2.75, 3.05) is 75.2 Å². The van der Waals surface area contributed by atoms with E-state index < -0.39 is 5.60 Å². The first-order chi connectivity index (χ1) is 21.2. The van der Waals surface area contributed by atoms with E-state index in [1.54, 1.807) is 11.1 Å². The zero-order valence-electron chi connectivity index (χ0n) is 26.4. The van der Waals surface area contributed by atoms with Crippen LogP contribution < -0.4 is 9.80 Å². The van der Waals surface area contributed by atoms with Crippen molar-refractivity contribution >= 4 is 28.5 Å². The number of aromatic nitrogens is 2. The molecule has 3 fully saturated rings. The van der Waals surface area contributed by atoms with Crippen LogP contribution in [0, 0.1) is 11.3 Å². The van der Waals surface area contributed by atoms with Crippen molar-refractivity contribution in [3.05, 3.63) is 59.9 Å². The largest absolute Gasteiger partial charge is 0.444 e. The summed E-state index contributed by atoms with van der Waals surface area (Å²) in [5.74, 6) is 0.966. The number of benzene rings is 1. The molecule has 0 bridgehead atoms. The van der Waals surface area contributed by atoms with Gasteiger partial charge in [0.1, 0.15) is 17.5 Å². The molecule has 3 aliphatic rings. The molecule has 0 aliphatic carbocycles. The highest BCUT2D eigenvalue weighted by atomic mass is 16.6. The quantitative estimate of drug-likeness (QED) is 0.434. The van der Waals surface area contributed by atoms with Gasteiger partial charge in [0.25, 0.3) is 0 Å². The summed E-state index contributed by atoms with van der Waals surface area (Å²) in [5.41, 5.74) is 3.36. The van der Waals surface area contributed by atoms with Crippen molar-refractivity contribution in [3.63, 3.8) is 0 Å². The number of nitriles is 1. The summed E-state index contributed by atoms with van der Waals surface area (Å²) in [5, 5.41) is 10.6. The summed E-state index contributed by atoms with van der Waals surface area (Å²) < 4.78 is 5.53. The summed E-state index contributed by atoms with van der Waals surface area (Å²) in [4.78, 5) is 33.5. The molecule has 0 unspecified atom stereocenters. The van der Waals surface area contributed by atoms with Crippen molar-refractivity contribution in [3.8, 4) is 6.07 Å². The Labute approximate surface area is 260 Å². The molecule has 44 heavy (non-hydrogen) atoms. The molecule has 2 aromatic heterocycles. The maximum Gasteiger partial charge on any atom is 0.410 e. The van der Waals surface area contributed by atoms with Gasteiger partial charge >= 0.3 is 6.09 Å². The molecule has 0 saturated carbocycles. The second kappa shape index (κ2) is 12.6. The zero-order valence-corrected chi connectivity index (χ0v) is 26.4. The van der Waals surface area contributed by atoms with Crippen LogP contribution in [0.1, 0.15) is 38.8 Å². The highest BCUT2D eigenvalue weighted by molar-refractivity contribution is 5.95. The lowest BCUT2D eigenvalue weighted by Gasteiger charge is -2.51. The molecule has 2 atom stereocenters. The maximum atomic E-state index is 12.4. The first kappa shape index (κ1) is 30.1. The van der Waals surface area contributed by atoms with Crippen LogP contribution in [0.3, 0.4) is 0 Å². The summed E-state index contributed by atoms with van der Waals surface area (Å²) in [6.07, 6.45) is 4.51. The summed E-state index contributed by atoms with van der Waals surface area (Å²) in [6, 6.07) is 15.6. The first-order valence-electron chi connectivity index (χ1n) is 15.9. The van der Waals surface area contributed by atoms with E-state index in [1.807, 2.05) is 39.1 Å². The van der Waals surface area contributed by atoms with E-state index in [0.29, 0.717) is 30.7 Å². The maximum absolute atomic E-state index is 12.4. The van der Waals surface area contributed by atoms with E-state index >= 15 is 0 Å². The Hall–Kier alpha value is -3.94. The number of amides is 1. The molecule has 3 aromatic rings. The number of piperazine rings is 3. The van der Waals surface area contributed by atoms with Gasteiger partial charge in [-0.15, -0.1) is 0 Å². The number of hydrogen-bond acceptors (Lipinski definition) is 9. The van der Waals surface area contributed by atoms with E-state index in [2.05, 4.69) is 61.8 Å². The fourth-order valence-electron chi connectivity index (χ4n) is 6.84. The molecule has 1 aromatic carbocycles. The molecule has 0 radical (unpaired) electrons. The Morgan fingerprint density at radius 2 is 1.80 bits per heavy atom. The third-order valence-electron chi connectivity index (χ3n) is 9.08. The van der Waals surface area contributed by atoms with Crippen LogP contribution in [0.25, 0.3) is 10.9 Å². The lowest BCUT2D eigenvalue weighted by atomic mass is 10.0. The Bertz CT molecular complexity index is 1510. The van der Waals surface area contributed by atoms with Gasteiger partial charge in [-0.1, -0.05) is 6.07 Å². The second-order valence-corrected chi connectivity index (χ2v) is 13.3. The van der Waals surface area contributed by atoms with Crippen LogP contribution >= 0.6 is 0 Å². The Balaban J connectivity index is 1.02. The number of ether oxygens (including phenoxy) is 1. The SMILES string of the molecule is C[C@@H]1CN(c2ccc(C#N)c3ncccc23)C[C@@H]2CN(CCc3ccc(N4CCN(C(=O)OC(C)(C)C)CC4)nc3)CCN21. The molecular weight excluding hydrogens is 552 g/mol. The smallest absolute Gasteiger partial charge is 0.410 e. The average molecular weight is 597 g/mol. The number of anilines is 2. The molecule has 3 aliphatic heterocycles. The molecule has 6 rings (SSSR count). The topological polar surface area (TPSA) is 92.1 Å². The number of hydrogen-bond donors (Lipinski definition) is 0. The second-order valence-electron chi connectivity index (χ2n) is 13.3. The third-order valence-corrected chi connectivity index (χ3v) is 9.08. The minimum atomic E-state index is -0.478. The van der Waals surface area contributed by atoms with E-state index in [-0.39, 0.29) is 6.09 Å². The number of nitrogens with zero attached hydrogens (tertiary/aromatic N) is 8. The molecule has 0 spiro atoms. The van der Waals surface area contributed by atoms with Gasteiger partial charge in [0.15, 0.2) is 0 Å². The van der Waals surface area contributed by atoms with Gasteiger partial charge in [-0.25, -0.2) is 9.78 Å². The fraction of sp³-hybridized carbons (Fsp3) is 0.529. The molecule has 1 amide bonds. The highest BCUT2D eigenvalue weighted by Crippen LogP contribution is 2.32. The van der Waals surface area contributed by atoms with Crippen molar-refractivity contribution in [1.29, 1.82) is 5.26 Å². The summed E-state index contributed by atoms with van der Waals surface area (Å²) in [7, 11) is 0. The van der Waals surface area contributed by atoms with Gasteiger partial charge in [0.2, 0.25) is 0 Å². The van der Waals surface area contributed by atoms with Crippen molar-refractivity contribution in [2.24, 2.45) is 0 Å². The molecule has 3 saturated heterocycles. The van der Waals surface area contributed by atoms with Crippen LogP contribution in [0.5, 0.6) is 0 Å². The molecule has 0 N–H and O–H groups in total. The number of pyridine rings is 2. The summed E-state index contributed by atoms with van der Waals surface area (Å²) in [6.45, 7) is 17.0. The van der Waals surface area contributed by atoms with Crippen molar-refractivity contribution in [2.45, 2.75) is 51.8 Å². The van der Waals surface area contributed by atoms with Crippen LogP contribution in [-0.2, 0) is 11.2 Å². The van der Waals surface area contributed by atoms with Crippen LogP contribution in [0.2, 0.25) is 0 Å². The highest BCUT2D eigenvalue weighted by Gasteiger charge is 2.36. The van der Waals surface area contributed by atoms with Crippen molar-refractivity contribution < 1.29 is 9.53 Å². The van der Waals surface area contributed by atoms with E-state index in [4.69, 9.17) is 9.72 Å². The minimum Gasteiger partial charge on any atom is -0.444 e. The lowest BCUT2D eigenvalue weighted by Crippen LogP contribution is -2.65. The van der Waals surface area contributed by atoms with Gasteiger partial charge in [-0.3, -0.25) is 9.88 Å². The lowest BCUT2D eigenvalue weighted by molar-refractivity contribution is 0.0240. The van der Waals surface area contributed by atoms with Crippen LogP contribution in [0.4, 0.5) is 16.3 Å². The third kappa shape index (κ3) is 6.59. The normalized spacial score (nSPS) is 21.7. The fourth-order valence-corrected chi connectivity index (χ4v) is 6.84. The molecular formula is C34H44N8O2. The molecule has 232 valence electrons. The predicted octanol–water partition coefficient (Wildman–Crippen LogP) is 4.00. The zero-order chi connectivity index (χ0) is 30.8. The average Bonchev–Trinajstić information content (AvgIpc) is 3.02. The van der Waals surface area contributed by atoms with Crippen molar-refractivity contribution in [1.82, 2.24) is 24.7 Å². The standard InChI is InChI=1S/C34H44N8O2/c1-25-22-41(30-9-8-27(20-35)32-29(30)6-5-12-36-32)24-28-23-38(14-19-42(25)28)13-11-26-7-10-31(37-21-26)39-15-17-40(18-16-39)33(43)44-34(2,3)4/h5-10,12,21,25,28H,11,13-19,22-24H2,1-4H3/t25-,28+/m1/s1. The van der Waals surface area contributed by atoms with Gasteiger partial charge in [0, 0.05) is 101 Å². The molecule has 10 nitrogen and oxygen atoms in total. The first-order valence-corrected chi connectivity index (χ1v) is 15.9. The van der Waals surface area contributed by atoms with Crippen LogP contribution in [0.15, 0.2) is 48.8 Å². The Morgan fingerprint density at radius 1 is 0.977 bits per heavy atom. The Kier molecular flexibility index (Phi) is 8.61. The number of carbonyl (C=O) groups excluding carboxylic acids is 1. The number of fused-ring (bicyclic) bond motifs is 2. The van der Waals surface area contributed by atoms with Gasteiger partial charge < -0.3 is 24.3 Å². The van der Waals surface area contributed by atoms with Gasteiger partial charge in [-0.2, -0.15) is 5.26 Å². The van der Waals surface area contributed by atoms with Gasteiger partial charge in [-0.05, 0) is 70.0 Å². The molecule has 10 heteroatoms. The Morgan fingerprint density at radius 3 is 2.52 bits per heavy atom. The summed E-state index contributed by atoms with van der Waals surface area (Å²) >= 11 is 0. The monoisotopic (exact) mass is 596 g/mol. The molecule has 5 heterocycles. The number of rotatable bonds is 5. The minimum absolute atomic E-state index is 0.239. The van der Waals surface area contributed by atoms with E-state index in [0.717, 1.165) is 75.5 Å². The van der Waals surface area contributed by atoms with E-state index in [1.165, 1.54) is 11.3 Å². The predicted molar refractivity (Wildman–Crippen MR) is 173 cm³/mol.